The molecule has 0 heterocycles. The molecular formula is C13H13BrClNO3. The van der Waals surface area contributed by atoms with Crippen LogP contribution in [0.5, 0.6) is 0 Å². The molecule has 0 radical (unpaired) electrons. The Morgan fingerprint density at radius 3 is 2.53 bits per heavy atom. The fourth-order valence-electron chi connectivity index (χ4n) is 1.56. The van der Waals surface area contributed by atoms with Crippen LogP contribution in [0.3, 0.4) is 0 Å². The SMILES string of the molecule is C/N=C(\C)C(C(=O)OC)C(=O)c1ccc(Br)cc1Cl. The van der Waals surface area contributed by atoms with Gasteiger partial charge in [-0.15, -0.1) is 0 Å². The Hall–Kier alpha value is -1.20. The number of esters is 1. The van der Waals surface area contributed by atoms with E-state index in [2.05, 4.69) is 25.7 Å². The summed E-state index contributed by atoms with van der Waals surface area (Å²) in [6, 6.07) is 4.85. The molecule has 19 heavy (non-hydrogen) atoms. The first-order chi connectivity index (χ1) is 8.92. The van der Waals surface area contributed by atoms with Gasteiger partial charge >= 0.3 is 5.97 Å². The van der Waals surface area contributed by atoms with Crippen molar-refractivity contribution in [3.63, 3.8) is 0 Å². The normalized spacial score (nSPS) is 13.0. The van der Waals surface area contributed by atoms with E-state index in [1.165, 1.54) is 14.2 Å². The summed E-state index contributed by atoms with van der Waals surface area (Å²) in [5.74, 6) is -2.13. The lowest BCUT2D eigenvalue weighted by Gasteiger charge is -2.14. The van der Waals surface area contributed by atoms with Gasteiger partial charge in [-0.25, -0.2) is 0 Å². The highest BCUT2D eigenvalue weighted by Crippen LogP contribution is 2.24. The van der Waals surface area contributed by atoms with E-state index >= 15 is 0 Å². The fraction of sp³-hybridized carbons (Fsp3) is 0.308. The third-order valence-corrected chi connectivity index (χ3v) is 3.47. The molecule has 0 aliphatic carbocycles. The molecule has 0 N–H and O–H groups in total. The topological polar surface area (TPSA) is 55.7 Å². The molecule has 1 rings (SSSR count). The van der Waals surface area contributed by atoms with Crippen LogP contribution in [0.1, 0.15) is 17.3 Å². The largest absolute Gasteiger partial charge is 0.468 e. The van der Waals surface area contributed by atoms with Crippen LogP contribution in [0, 0.1) is 5.92 Å². The molecule has 0 aromatic heterocycles. The number of aliphatic imine (C=N–C) groups is 1. The lowest BCUT2D eigenvalue weighted by molar-refractivity contribution is -0.141. The highest BCUT2D eigenvalue weighted by Gasteiger charge is 2.32. The Bertz CT molecular complexity index is 543. The number of benzene rings is 1. The van der Waals surface area contributed by atoms with E-state index in [-0.39, 0.29) is 10.6 Å². The average Bonchev–Trinajstić information content (AvgIpc) is 2.38. The number of ketones is 1. The summed E-state index contributed by atoms with van der Waals surface area (Å²) >= 11 is 9.28. The Kier molecular flexibility index (Phi) is 5.69. The summed E-state index contributed by atoms with van der Waals surface area (Å²) in [6.45, 7) is 1.60. The zero-order valence-electron chi connectivity index (χ0n) is 10.7. The molecule has 1 atom stereocenters. The van der Waals surface area contributed by atoms with E-state index in [0.717, 1.165) is 4.47 Å². The van der Waals surface area contributed by atoms with Gasteiger partial charge in [-0.05, 0) is 25.1 Å². The van der Waals surface area contributed by atoms with Gasteiger partial charge in [0.2, 0.25) is 0 Å². The predicted molar refractivity (Wildman–Crippen MR) is 78.0 cm³/mol. The van der Waals surface area contributed by atoms with Crippen molar-refractivity contribution in [1.29, 1.82) is 0 Å². The van der Waals surface area contributed by atoms with Crippen molar-refractivity contribution in [3.05, 3.63) is 33.3 Å². The molecule has 0 fully saturated rings. The Balaban J connectivity index is 3.23. The number of Topliss-reactive ketones (excluding diaryl/α,β-unsaturated/α-hetero) is 1. The molecule has 0 aliphatic heterocycles. The second-order valence-corrected chi connectivity index (χ2v) is 5.13. The van der Waals surface area contributed by atoms with Gasteiger partial charge in [0.15, 0.2) is 11.7 Å². The van der Waals surface area contributed by atoms with E-state index in [1.54, 1.807) is 25.1 Å². The molecule has 0 bridgehead atoms. The molecule has 0 aliphatic rings. The highest BCUT2D eigenvalue weighted by molar-refractivity contribution is 9.10. The third-order valence-electron chi connectivity index (χ3n) is 2.67. The number of rotatable bonds is 4. The molecule has 1 aromatic rings. The second kappa shape index (κ2) is 6.82. The van der Waals surface area contributed by atoms with E-state index in [1.807, 2.05) is 0 Å². The van der Waals surface area contributed by atoms with Crippen molar-refractivity contribution in [2.45, 2.75) is 6.92 Å². The summed E-state index contributed by atoms with van der Waals surface area (Å²) < 4.78 is 5.40. The van der Waals surface area contributed by atoms with Crippen LogP contribution in [-0.4, -0.2) is 31.6 Å². The van der Waals surface area contributed by atoms with E-state index < -0.39 is 17.7 Å². The maximum atomic E-state index is 12.4. The quantitative estimate of drug-likeness (QED) is 0.364. The van der Waals surface area contributed by atoms with Gasteiger partial charge in [0.05, 0.1) is 12.1 Å². The maximum absolute atomic E-state index is 12.4. The minimum Gasteiger partial charge on any atom is -0.468 e. The van der Waals surface area contributed by atoms with Crippen LogP contribution in [0.15, 0.2) is 27.7 Å². The number of carbonyl (C=O) groups excluding carboxylic acids is 2. The first kappa shape index (κ1) is 15.9. The number of methoxy groups -OCH3 is 1. The van der Waals surface area contributed by atoms with Crippen molar-refractivity contribution < 1.29 is 14.3 Å². The average molecular weight is 347 g/mol. The van der Waals surface area contributed by atoms with Crippen molar-refractivity contribution in [2.24, 2.45) is 10.9 Å². The summed E-state index contributed by atoms with van der Waals surface area (Å²) in [5, 5.41) is 0.275. The zero-order chi connectivity index (χ0) is 14.6. The molecule has 1 unspecified atom stereocenters. The van der Waals surface area contributed by atoms with Gasteiger partial charge < -0.3 is 4.74 Å². The highest BCUT2D eigenvalue weighted by atomic mass is 79.9. The fourth-order valence-corrected chi connectivity index (χ4v) is 2.33. The summed E-state index contributed by atoms with van der Waals surface area (Å²) in [5.41, 5.74) is 0.652. The number of carbonyl (C=O) groups is 2. The minimum atomic E-state index is -1.06. The van der Waals surface area contributed by atoms with Crippen molar-refractivity contribution >= 4 is 45.0 Å². The number of halogens is 2. The van der Waals surface area contributed by atoms with E-state index in [9.17, 15) is 9.59 Å². The van der Waals surface area contributed by atoms with E-state index in [0.29, 0.717) is 5.71 Å². The number of hydrogen-bond donors (Lipinski definition) is 0. The first-order valence-corrected chi connectivity index (χ1v) is 6.59. The molecule has 0 spiro atoms. The standard InChI is InChI=1S/C13H13BrClNO3/c1-7(16-2)11(13(18)19-3)12(17)9-5-4-8(14)6-10(9)15/h4-6,11H,1-3H3/b16-7+. The van der Waals surface area contributed by atoms with Gasteiger partial charge in [0, 0.05) is 22.8 Å². The van der Waals surface area contributed by atoms with Crippen LogP contribution < -0.4 is 0 Å². The zero-order valence-corrected chi connectivity index (χ0v) is 13.1. The molecule has 102 valence electrons. The van der Waals surface area contributed by atoms with Crippen molar-refractivity contribution in [2.75, 3.05) is 14.2 Å². The smallest absolute Gasteiger partial charge is 0.322 e. The van der Waals surface area contributed by atoms with Crippen LogP contribution in [0.25, 0.3) is 0 Å². The van der Waals surface area contributed by atoms with Crippen LogP contribution in [0.2, 0.25) is 5.02 Å². The summed E-state index contributed by atoms with van der Waals surface area (Å²) in [7, 11) is 2.75. The Morgan fingerprint density at radius 1 is 1.42 bits per heavy atom. The lowest BCUT2D eigenvalue weighted by atomic mass is 9.93. The number of ether oxygens (including phenoxy) is 1. The lowest BCUT2D eigenvalue weighted by Crippen LogP contribution is -2.31. The minimum absolute atomic E-state index is 0.267. The van der Waals surface area contributed by atoms with Gasteiger partial charge in [-0.1, -0.05) is 27.5 Å². The third kappa shape index (κ3) is 3.64. The van der Waals surface area contributed by atoms with Crippen molar-refractivity contribution in [1.82, 2.24) is 0 Å². The van der Waals surface area contributed by atoms with Crippen LogP contribution in [-0.2, 0) is 9.53 Å². The number of nitrogens with zero attached hydrogens (tertiary/aromatic N) is 1. The van der Waals surface area contributed by atoms with Crippen LogP contribution >= 0.6 is 27.5 Å². The molecule has 4 nitrogen and oxygen atoms in total. The summed E-state index contributed by atoms with van der Waals surface area (Å²) in [4.78, 5) is 28.0. The Morgan fingerprint density at radius 2 is 2.05 bits per heavy atom. The molecule has 0 amide bonds. The van der Waals surface area contributed by atoms with Gasteiger partial charge in [-0.2, -0.15) is 0 Å². The van der Waals surface area contributed by atoms with Crippen molar-refractivity contribution in [3.8, 4) is 0 Å². The molecular weight excluding hydrogens is 334 g/mol. The van der Waals surface area contributed by atoms with Gasteiger partial charge in [0.25, 0.3) is 0 Å². The number of hydrogen-bond acceptors (Lipinski definition) is 4. The molecule has 1 aromatic carbocycles. The molecule has 0 saturated carbocycles. The first-order valence-electron chi connectivity index (χ1n) is 5.42. The van der Waals surface area contributed by atoms with Crippen LogP contribution in [0.4, 0.5) is 0 Å². The summed E-state index contributed by atoms with van der Waals surface area (Å²) in [6.07, 6.45) is 0. The Labute approximate surface area is 124 Å². The second-order valence-electron chi connectivity index (χ2n) is 3.81. The van der Waals surface area contributed by atoms with Gasteiger partial charge in [0.1, 0.15) is 0 Å². The maximum Gasteiger partial charge on any atom is 0.322 e. The van der Waals surface area contributed by atoms with E-state index in [4.69, 9.17) is 11.6 Å². The van der Waals surface area contributed by atoms with Gasteiger partial charge in [-0.3, -0.25) is 14.6 Å². The predicted octanol–water partition coefficient (Wildman–Crippen LogP) is 3.17. The molecule has 0 saturated heterocycles. The monoisotopic (exact) mass is 345 g/mol. The molecule has 6 heteroatoms.